The van der Waals surface area contributed by atoms with Crippen LogP contribution in [0.2, 0.25) is 0 Å². The molecule has 2 aromatic carbocycles. The van der Waals surface area contributed by atoms with Crippen LogP contribution in [0.3, 0.4) is 0 Å². The molecule has 32 heavy (non-hydrogen) atoms. The zero-order valence-corrected chi connectivity index (χ0v) is 17.4. The molecule has 6 nitrogen and oxygen atoms in total. The van der Waals surface area contributed by atoms with Gasteiger partial charge in [-0.1, -0.05) is 0 Å². The molecule has 1 aliphatic heterocycles. The van der Waals surface area contributed by atoms with Crippen LogP contribution in [0.25, 0.3) is 11.3 Å². The Morgan fingerprint density at radius 3 is 2.31 bits per heavy atom. The van der Waals surface area contributed by atoms with Crippen LogP contribution in [0.1, 0.15) is 19.7 Å². The second-order valence-electron chi connectivity index (χ2n) is 7.98. The molecule has 1 amide bonds. The summed E-state index contributed by atoms with van der Waals surface area (Å²) in [5.41, 5.74) is 5.63. The number of aromatic nitrogens is 2. The summed E-state index contributed by atoms with van der Waals surface area (Å²) in [5.74, 6) is -4.04. The number of fused-ring (bicyclic) bond motifs is 1. The van der Waals surface area contributed by atoms with E-state index in [1.165, 1.54) is 24.3 Å². The van der Waals surface area contributed by atoms with Crippen molar-refractivity contribution in [1.29, 1.82) is 0 Å². The highest BCUT2D eigenvalue weighted by atomic mass is 19.2. The van der Waals surface area contributed by atoms with Gasteiger partial charge in [0.25, 0.3) is 0 Å². The maximum atomic E-state index is 13.8. The number of amides is 1. The molecule has 3 aromatic rings. The molecule has 168 valence electrons. The summed E-state index contributed by atoms with van der Waals surface area (Å²) in [5, 5.41) is 2.93. The fraction of sp³-hybridized carbons (Fsp3) is 0.273. The average molecular weight is 447 g/mol. The molecular weight excluding hydrogens is 426 g/mol. The number of rotatable bonds is 4. The van der Waals surface area contributed by atoms with Gasteiger partial charge in [-0.2, -0.15) is 0 Å². The number of carbonyl (C=O) groups is 1. The van der Waals surface area contributed by atoms with E-state index in [4.69, 9.17) is 10.7 Å². The van der Waals surface area contributed by atoms with Gasteiger partial charge in [0.2, 0.25) is 5.91 Å². The van der Waals surface area contributed by atoms with E-state index in [9.17, 15) is 22.4 Å². The number of anilines is 2. The molecular formula is C22H21F4N5O. The van der Waals surface area contributed by atoms with Crippen LogP contribution in [0, 0.1) is 23.3 Å². The van der Waals surface area contributed by atoms with Crippen molar-refractivity contribution in [3.63, 3.8) is 0 Å². The van der Waals surface area contributed by atoms with E-state index in [1.54, 1.807) is 9.47 Å². The van der Waals surface area contributed by atoms with Crippen molar-refractivity contribution in [3.8, 4) is 11.3 Å². The van der Waals surface area contributed by atoms with Crippen LogP contribution < -0.4 is 11.1 Å². The maximum Gasteiger partial charge on any atom is 0.237 e. The molecule has 0 radical (unpaired) electrons. The Hall–Kier alpha value is -3.40. The summed E-state index contributed by atoms with van der Waals surface area (Å²) in [6, 6.07) is 7.26. The van der Waals surface area contributed by atoms with Crippen molar-refractivity contribution in [1.82, 2.24) is 14.5 Å². The van der Waals surface area contributed by atoms with E-state index in [0.29, 0.717) is 36.0 Å². The molecule has 10 heteroatoms. The van der Waals surface area contributed by atoms with E-state index in [-0.39, 0.29) is 18.1 Å². The lowest BCUT2D eigenvalue weighted by molar-refractivity contribution is -0.137. The molecule has 1 aromatic heterocycles. The molecule has 0 atom stereocenters. The number of nitrogens with zero attached hydrogens (tertiary/aromatic N) is 3. The zero-order chi connectivity index (χ0) is 23.2. The summed E-state index contributed by atoms with van der Waals surface area (Å²) >= 11 is 0. The van der Waals surface area contributed by atoms with Crippen molar-refractivity contribution in [2.75, 3.05) is 18.4 Å². The summed E-state index contributed by atoms with van der Waals surface area (Å²) in [6.45, 7) is 4.12. The van der Waals surface area contributed by atoms with Gasteiger partial charge in [-0.05, 0) is 38.1 Å². The molecule has 0 aliphatic carbocycles. The highest BCUT2D eigenvalue weighted by molar-refractivity contribution is 5.80. The van der Waals surface area contributed by atoms with Gasteiger partial charge in [-0.3, -0.25) is 4.79 Å². The quantitative estimate of drug-likeness (QED) is 0.470. The van der Waals surface area contributed by atoms with Gasteiger partial charge < -0.3 is 20.5 Å². The Kier molecular flexibility index (Phi) is 5.41. The molecule has 0 fully saturated rings. The Morgan fingerprint density at radius 2 is 1.72 bits per heavy atom. The highest BCUT2D eigenvalue weighted by Crippen LogP contribution is 2.39. The maximum absolute atomic E-state index is 13.8. The van der Waals surface area contributed by atoms with Crippen LogP contribution in [0.5, 0.6) is 0 Å². The topological polar surface area (TPSA) is 76.2 Å². The predicted molar refractivity (Wildman–Crippen MR) is 111 cm³/mol. The SMILES string of the molecule is CC1(C)c2nc(-c3ccc(F)cc3)c(Nc3cc(F)c(F)c(F)c3)n2CCN1C(=O)CN. The average Bonchev–Trinajstić information content (AvgIpc) is 3.11. The third kappa shape index (κ3) is 3.60. The number of nitrogens with two attached hydrogens (primary N) is 1. The molecule has 0 spiro atoms. The molecule has 0 saturated heterocycles. The highest BCUT2D eigenvalue weighted by Gasteiger charge is 2.41. The van der Waals surface area contributed by atoms with Crippen LogP contribution in [0.15, 0.2) is 36.4 Å². The lowest BCUT2D eigenvalue weighted by atomic mass is 9.99. The lowest BCUT2D eigenvalue weighted by Crippen LogP contribution is -2.53. The molecule has 0 bridgehead atoms. The third-order valence-corrected chi connectivity index (χ3v) is 5.58. The van der Waals surface area contributed by atoms with Crippen molar-refractivity contribution in [2.24, 2.45) is 5.73 Å². The number of benzene rings is 2. The summed E-state index contributed by atoms with van der Waals surface area (Å²) < 4.78 is 56.3. The number of hydrogen-bond donors (Lipinski definition) is 2. The van der Waals surface area contributed by atoms with E-state index in [0.717, 1.165) is 12.1 Å². The predicted octanol–water partition coefficient (Wildman–Crippen LogP) is 3.89. The fourth-order valence-electron chi connectivity index (χ4n) is 3.98. The molecule has 3 N–H and O–H groups in total. The fourth-order valence-corrected chi connectivity index (χ4v) is 3.98. The molecule has 0 unspecified atom stereocenters. The minimum Gasteiger partial charge on any atom is -0.340 e. The smallest absolute Gasteiger partial charge is 0.237 e. The molecule has 4 rings (SSSR count). The minimum atomic E-state index is -1.57. The van der Waals surface area contributed by atoms with Crippen molar-refractivity contribution in [2.45, 2.75) is 25.9 Å². The van der Waals surface area contributed by atoms with E-state index in [1.807, 2.05) is 13.8 Å². The Labute approximate surface area is 181 Å². The molecule has 0 saturated carbocycles. The minimum absolute atomic E-state index is 0.0225. The first-order valence-electron chi connectivity index (χ1n) is 9.92. The van der Waals surface area contributed by atoms with Gasteiger partial charge in [0.15, 0.2) is 17.5 Å². The number of hydrogen-bond acceptors (Lipinski definition) is 4. The van der Waals surface area contributed by atoms with Gasteiger partial charge in [-0.25, -0.2) is 22.5 Å². The first kappa shape index (κ1) is 21.8. The van der Waals surface area contributed by atoms with Crippen molar-refractivity contribution in [3.05, 3.63) is 65.5 Å². The molecule has 1 aliphatic rings. The number of halogens is 4. The summed E-state index contributed by atoms with van der Waals surface area (Å²) in [7, 11) is 0. The first-order chi connectivity index (χ1) is 15.1. The van der Waals surface area contributed by atoms with Crippen molar-refractivity contribution < 1.29 is 22.4 Å². The van der Waals surface area contributed by atoms with Gasteiger partial charge >= 0.3 is 0 Å². The van der Waals surface area contributed by atoms with Gasteiger partial charge in [-0.15, -0.1) is 0 Å². The first-order valence-corrected chi connectivity index (χ1v) is 9.92. The standard InChI is InChI=1S/C22H21F4N5O/c1-22(2)21-29-19(12-3-5-13(23)6-4-12)20(30(21)7-8-31(22)17(32)11-27)28-14-9-15(24)18(26)16(25)10-14/h3-6,9-10,28H,7-8,11,27H2,1-2H3. The van der Waals surface area contributed by atoms with E-state index >= 15 is 0 Å². The van der Waals surface area contributed by atoms with Crippen LogP contribution in [-0.2, 0) is 16.9 Å². The number of carbonyl (C=O) groups excluding carboxylic acids is 1. The Bertz CT molecular complexity index is 1170. The van der Waals surface area contributed by atoms with Gasteiger partial charge in [0.1, 0.15) is 23.2 Å². The van der Waals surface area contributed by atoms with Crippen LogP contribution >= 0.6 is 0 Å². The lowest BCUT2D eigenvalue weighted by Gasteiger charge is -2.42. The Morgan fingerprint density at radius 1 is 1.09 bits per heavy atom. The largest absolute Gasteiger partial charge is 0.340 e. The van der Waals surface area contributed by atoms with Crippen molar-refractivity contribution >= 4 is 17.4 Å². The van der Waals surface area contributed by atoms with Crippen LogP contribution in [0.4, 0.5) is 29.1 Å². The summed E-state index contributed by atoms with van der Waals surface area (Å²) in [4.78, 5) is 18.7. The second-order valence-corrected chi connectivity index (χ2v) is 7.98. The summed E-state index contributed by atoms with van der Waals surface area (Å²) in [6.07, 6.45) is 0. The second kappa shape index (κ2) is 7.94. The Balaban J connectivity index is 1.88. The van der Waals surface area contributed by atoms with Gasteiger partial charge in [0.05, 0.1) is 12.1 Å². The number of imidazole rings is 1. The van der Waals surface area contributed by atoms with Gasteiger partial charge in [0, 0.05) is 36.5 Å². The van der Waals surface area contributed by atoms with E-state index in [2.05, 4.69) is 5.32 Å². The third-order valence-electron chi connectivity index (χ3n) is 5.58. The zero-order valence-electron chi connectivity index (χ0n) is 17.4. The van der Waals surface area contributed by atoms with E-state index < -0.39 is 28.8 Å². The normalized spacial score (nSPS) is 14.9. The van der Waals surface area contributed by atoms with Crippen LogP contribution in [-0.4, -0.2) is 33.4 Å². The number of nitrogens with one attached hydrogen (secondary N) is 1. The molecule has 2 heterocycles. The monoisotopic (exact) mass is 447 g/mol.